The number of piperidine rings is 1. The minimum atomic E-state index is -0.715. The summed E-state index contributed by atoms with van der Waals surface area (Å²) in [5, 5.41) is 11.8. The summed E-state index contributed by atoms with van der Waals surface area (Å²) in [6.45, 7) is 3.98. The molecule has 220 valence electrons. The van der Waals surface area contributed by atoms with Gasteiger partial charge in [-0.3, -0.25) is 24.6 Å². The first-order valence-corrected chi connectivity index (χ1v) is 14.5. The number of fused-ring (bicyclic) bond motifs is 1. The van der Waals surface area contributed by atoms with Crippen LogP contribution in [0.15, 0.2) is 54.6 Å². The fourth-order valence-corrected chi connectivity index (χ4v) is 6.08. The maximum atomic E-state index is 15.1. The second-order valence-electron chi connectivity index (χ2n) is 10.9. The highest BCUT2D eigenvalue weighted by atomic mass is 35.5. The maximum absolute atomic E-state index is 15.1. The molecule has 3 amide bonds. The second-order valence-corrected chi connectivity index (χ2v) is 11.3. The van der Waals surface area contributed by atoms with E-state index in [1.807, 2.05) is 18.2 Å². The zero-order chi connectivity index (χ0) is 30.1. The van der Waals surface area contributed by atoms with Gasteiger partial charge in [0.05, 0.1) is 17.1 Å². The molecule has 9 nitrogen and oxygen atoms in total. The summed E-state index contributed by atoms with van der Waals surface area (Å²) in [5.74, 6) is -0.995. The first-order valence-electron chi connectivity index (χ1n) is 14.1. The summed E-state index contributed by atoms with van der Waals surface area (Å²) in [7, 11) is 0. The summed E-state index contributed by atoms with van der Waals surface area (Å²) >= 11 is 6.20. The molecule has 3 aliphatic heterocycles. The Bertz CT molecular complexity index is 1650. The fraction of sp³-hybridized carbons (Fsp3) is 0.312. The topological polar surface area (TPSA) is 106 Å². The predicted octanol–water partition coefficient (Wildman–Crippen LogP) is 4.01. The normalized spacial score (nSPS) is 18.8. The van der Waals surface area contributed by atoms with Crippen molar-refractivity contribution >= 4 is 35.0 Å². The van der Waals surface area contributed by atoms with Crippen LogP contribution in [-0.4, -0.2) is 59.7 Å². The number of piperazine rings is 1. The van der Waals surface area contributed by atoms with Gasteiger partial charge < -0.3 is 14.5 Å². The van der Waals surface area contributed by atoms with Crippen LogP contribution in [0.2, 0.25) is 5.02 Å². The number of rotatable bonds is 7. The Morgan fingerprint density at radius 2 is 1.86 bits per heavy atom. The van der Waals surface area contributed by atoms with Crippen LogP contribution < -0.4 is 15.0 Å². The van der Waals surface area contributed by atoms with Crippen LogP contribution in [-0.2, 0) is 29.3 Å². The van der Waals surface area contributed by atoms with Gasteiger partial charge in [0.1, 0.15) is 30.3 Å². The zero-order valence-corrected chi connectivity index (χ0v) is 24.1. The number of hydrogen-bond acceptors (Lipinski definition) is 7. The van der Waals surface area contributed by atoms with Crippen molar-refractivity contribution in [3.8, 4) is 11.8 Å². The van der Waals surface area contributed by atoms with Gasteiger partial charge in [-0.1, -0.05) is 29.8 Å². The number of anilines is 1. The molecule has 1 atom stereocenters. The summed E-state index contributed by atoms with van der Waals surface area (Å²) in [5.41, 5.74) is 3.80. The lowest BCUT2D eigenvalue weighted by Crippen LogP contribution is -2.52. The summed E-state index contributed by atoms with van der Waals surface area (Å²) in [6.07, 6.45) is 0.457. The standard InChI is InChI=1S/C32H29ClFN5O4/c33-26-15-23(7-6-21(26)16-35)38-12-10-37(11-13-38)17-20-4-5-22(27(34)14-20)19-43-29-3-1-2-24-25(29)18-39(32(24)42)28-8-9-30(40)36-31(28)41/h1-7,14-15,28H,8-13,17-19H2,(H,36,40,41)/t28-/m0/s1. The number of carbonyl (C=O) groups excluding carboxylic acids is 3. The van der Waals surface area contributed by atoms with Gasteiger partial charge >= 0.3 is 0 Å². The average Bonchev–Trinajstić information content (AvgIpc) is 3.33. The molecule has 3 aliphatic rings. The first-order chi connectivity index (χ1) is 20.8. The Balaban J connectivity index is 1.05. The highest BCUT2D eigenvalue weighted by Gasteiger charge is 2.40. The fourth-order valence-electron chi connectivity index (χ4n) is 5.87. The predicted molar refractivity (Wildman–Crippen MR) is 157 cm³/mol. The van der Waals surface area contributed by atoms with Crippen molar-refractivity contribution in [3.63, 3.8) is 0 Å². The van der Waals surface area contributed by atoms with Crippen molar-refractivity contribution in [1.82, 2.24) is 15.1 Å². The number of imide groups is 1. The van der Waals surface area contributed by atoms with E-state index in [4.69, 9.17) is 21.6 Å². The summed E-state index contributed by atoms with van der Waals surface area (Å²) in [4.78, 5) is 42.9. The van der Waals surface area contributed by atoms with Crippen LogP contribution >= 0.6 is 11.6 Å². The molecule has 0 saturated carbocycles. The molecule has 0 radical (unpaired) electrons. The maximum Gasteiger partial charge on any atom is 0.255 e. The number of nitrogens with one attached hydrogen (secondary N) is 1. The quantitative estimate of drug-likeness (QED) is 0.408. The van der Waals surface area contributed by atoms with E-state index in [9.17, 15) is 14.4 Å². The van der Waals surface area contributed by atoms with E-state index in [1.54, 1.807) is 30.3 Å². The minimum absolute atomic E-state index is 0.0129. The van der Waals surface area contributed by atoms with Gasteiger partial charge in [0.2, 0.25) is 11.8 Å². The van der Waals surface area contributed by atoms with Gasteiger partial charge in [-0.05, 0) is 48.4 Å². The third kappa shape index (κ3) is 5.91. The molecule has 1 N–H and O–H groups in total. The molecule has 6 rings (SSSR count). The van der Waals surface area contributed by atoms with Crippen molar-refractivity contribution < 1.29 is 23.5 Å². The van der Waals surface area contributed by atoms with E-state index >= 15 is 4.39 Å². The molecule has 43 heavy (non-hydrogen) atoms. The molecule has 0 aromatic heterocycles. The van der Waals surface area contributed by atoms with Gasteiger partial charge in [0, 0.05) is 61.5 Å². The molecule has 11 heteroatoms. The van der Waals surface area contributed by atoms with Crippen molar-refractivity contribution in [2.45, 2.75) is 38.6 Å². The molecule has 0 spiro atoms. The van der Waals surface area contributed by atoms with Crippen molar-refractivity contribution in [2.24, 2.45) is 0 Å². The van der Waals surface area contributed by atoms with E-state index in [0.29, 0.717) is 39.6 Å². The number of hydrogen-bond donors (Lipinski definition) is 1. The molecule has 3 aromatic carbocycles. The number of halogens is 2. The molecule has 0 aliphatic carbocycles. The minimum Gasteiger partial charge on any atom is -0.488 e. The molecule has 0 unspecified atom stereocenters. The monoisotopic (exact) mass is 601 g/mol. The molecular weight excluding hydrogens is 573 g/mol. The number of ether oxygens (including phenoxy) is 1. The second kappa shape index (κ2) is 12.0. The smallest absolute Gasteiger partial charge is 0.255 e. The Morgan fingerprint density at radius 3 is 2.58 bits per heavy atom. The lowest BCUT2D eigenvalue weighted by Gasteiger charge is -2.36. The molecule has 2 saturated heterocycles. The van der Waals surface area contributed by atoms with Gasteiger partial charge in [0.25, 0.3) is 5.91 Å². The highest BCUT2D eigenvalue weighted by Crippen LogP contribution is 2.34. The van der Waals surface area contributed by atoms with E-state index in [1.165, 1.54) is 11.0 Å². The van der Waals surface area contributed by atoms with Gasteiger partial charge in [-0.25, -0.2) is 4.39 Å². The molecule has 0 bridgehead atoms. The van der Waals surface area contributed by atoms with Crippen LogP contribution in [0.3, 0.4) is 0 Å². The number of amides is 3. The molecular formula is C32H29ClFN5O4. The van der Waals surface area contributed by atoms with Crippen LogP contribution in [0.1, 0.15) is 45.5 Å². The third-order valence-corrected chi connectivity index (χ3v) is 8.57. The van der Waals surface area contributed by atoms with Crippen molar-refractivity contribution in [1.29, 1.82) is 5.26 Å². The molecule has 3 aromatic rings. The Hall–Kier alpha value is -4.46. The number of carbonyl (C=O) groups is 3. The SMILES string of the molecule is N#Cc1ccc(N2CCN(Cc3ccc(COc4cccc5c4CN([C@H]4CCC(=O)NC4=O)C5=O)c(F)c3)CC2)cc1Cl. The van der Waals surface area contributed by atoms with Gasteiger partial charge in [-0.2, -0.15) is 5.26 Å². The third-order valence-electron chi connectivity index (χ3n) is 8.26. The largest absolute Gasteiger partial charge is 0.488 e. The van der Waals surface area contributed by atoms with Crippen molar-refractivity contribution in [3.05, 3.63) is 93.3 Å². The lowest BCUT2D eigenvalue weighted by atomic mass is 10.0. The van der Waals surface area contributed by atoms with Crippen LogP contribution in [0, 0.1) is 17.1 Å². The van der Waals surface area contributed by atoms with E-state index < -0.39 is 11.9 Å². The highest BCUT2D eigenvalue weighted by molar-refractivity contribution is 6.32. The van der Waals surface area contributed by atoms with Crippen LogP contribution in [0.5, 0.6) is 5.75 Å². The number of nitriles is 1. The van der Waals surface area contributed by atoms with E-state index in [-0.39, 0.29) is 43.6 Å². The zero-order valence-electron chi connectivity index (χ0n) is 23.3. The Kier molecular flexibility index (Phi) is 8.02. The Labute approximate surface area is 253 Å². The molecule has 2 fully saturated rings. The first kappa shape index (κ1) is 28.6. The van der Waals surface area contributed by atoms with E-state index in [0.717, 1.165) is 37.4 Å². The number of nitrogens with zero attached hydrogens (tertiary/aromatic N) is 4. The molecule has 3 heterocycles. The van der Waals surface area contributed by atoms with Crippen LogP contribution in [0.25, 0.3) is 0 Å². The Morgan fingerprint density at radius 1 is 1.05 bits per heavy atom. The number of benzene rings is 3. The van der Waals surface area contributed by atoms with Gasteiger partial charge in [0.15, 0.2) is 0 Å². The summed E-state index contributed by atoms with van der Waals surface area (Å²) in [6, 6.07) is 17.1. The lowest BCUT2D eigenvalue weighted by molar-refractivity contribution is -0.136. The van der Waals surface area contributed by atoms with E-state index in [2.05, 4.69) is 21.2 Å². The average molecular weight is 602 g/mol. The van der Waals surface area contributed by atoms with Gasteiger partial charge in [-0.15, -0.1) is 0 Å². The van der Waals surface area contributed by atoms with Crippen molar-refractivity contribution in [2.75, 3.05) is 31.1 Å². The summed E-state index contributed by atoms with van der Waals surface area (Å²) < 4.78 is 21.1. The van der Waals surface area contributed by atoms with Crippen LogP contribution in [0.4, 0.5) is 10.1 Å².